The van der Waals surface area contributed by atoms with Gasteiger partial charge in [-0.1, -0.05) is 12.8 Å². The number of ether oxygens (including phenoxy) is 1. The van der Waals surface area contributed by atoms with Crippen molar-refractivity contribution in [3.05, 3.63) is 16.3 Å². The summed E-state index contributed by atoms with van der Waals surface area (Å²) in [4.78, 5) is 11.8. The third kappa shape index (κ3) is 2.68. The van der Waals surface area contributed by atoms with Crippen LogP contribution in [0.15, 0.2) is 16.3 Å². The average Bonchev–Trinajstić information content (AvgIpc) is 3.07. The van der Waals surface area contributed by atoms with Crippen LogP contribution in [0.5, 0.6) is 0 Å². The first-order valence-electron chi connectivity index (χ1n) is 6.12. The van der Waals surface area contributed by atoms with Crippen molar-refractivity contribution >= 4 is 27.3 Å². The van der Waals surface area contributed by atoms with Crippen LogP contribution in [0.2, 0.25) is 0 Å². The Balaban J connectivity index is 2.34. The first kappa shape index (κ1) is 14.5. The normalized spacial score (nSPS) is 17.0. The third-order valence-electron chi connectivity index (χ3n) is 3.50. The summed E-state index contributed by atoms with van der Waals surface area (Å²) in [5.74, 6) is -0.603. The standard InChI is InChI=1S/C12H17NO4S2/c1-13(9-5-3-4-6-9)19(15,16)10-7-8-18-11(10)12(14)17-2/h7-9H,3-6H2,1-2H3. The summed E-state index contributed by atoms with van der Waals surface area (Å²) in [6.45, 7) is 0. The Morgan fingerprint density at radius 2 is 2.05 bits per heavy atom. The number of nitrogens with zero attached hydrogens (tertiary/aromatic N) is 1. The lowest BCUT2D eigenvalue weighted by Crippen LogP contribution is -2.35. The number of sulfonamides is 1. The molecule has 19 heavy (non-hydrogen) atoms. The molecule has 1 fully saturated rings. The van der Waals surface area contributed by atoms with Crippen LogP contribution in [0.25, 0.3) is 0 Å². The van der Waals surface area contributed by atoms with Gasteiger partial charge in [0, 0.05) is 13.1 Å². The summed E-state index contributed by atoms with van der Waals surface area (Å²) in [6.07, 6.45) is 3.87. The zero-order valence-corrected chi connectivity index (χ0v) is 12.6. The van der Waals surface area contributed by atoms with Gasteiger partial charge in [0.05, 0.1) is 7.11 Å². The highest BCUT2D eigenvalue weighted by molar-refractivity contribution is 7.89. The van der Waals surface area contributed by atoms with E-state index in [1.165, 1.54) is 17.5 Å². The smallest absolute Gasteiger partial charge is 0.349 e. The monoisotopic (exact) mass is 303 g/mol. The molecule has 0 amide bonds. The van der Waals surface area contributed by atoms with Crippen LogP contribution in [0.4, 0.5) is 0 Å². The van der Waals surface area contributed by atoms with Gasteiger partial charge in [0.25, 0.3) is 0 Å². The maximum atomic E-state index is 12.5. The van der Waals surface area contributed by atoms with Gasteiger partial charge >= 0.3 is 5.97 Å². The second kappa shape index (κ2) is 5.60. The molecule has 1 heterocycles. The molecule has 0 aromatic carbocycles. The molecule has 0 unspecified atom stereocenters. The molecule has 0 aliphatic heterocycles. The maximum Gasteiger partial charge on any atom is 0.349 e. The van der Waals surface area contributed by atoms with E-state index in [0.29, 0.717) is 0 Å². The van der Waals surface area contributed by atoms with Crippen molar-refractivity contribution < 1.29 is 17.9 Å². The summed E-state index contributed by atoms with van der Waals surface area (Å²) in [7, 11) is -0.785. The molecule has 0 radical (unpaired) electrons. The van der Waals surface area contributed by atoms with Gasteiger partial charge in [-0.15, -0.1) is 11.3 Å². The molecule has 5 nitrogen and oxygen atoms in total. The van der Waals surface area contributed by atoms with Crippen LogP contribution in [0.3, 0.4) is 0 Å². The van der Waals surface area contributed by atoms with Gasteiger partial charge in [0.2, 0.25) is 10.0 Å². The van der Waals surface area contributed by atoms with E-state index in [4.69, 9.17) is 0 Å². The van der Waals surface area contributed by atoms with Crippen LogP contribution in [-0.2, 0) is 14.8 Å². The van der Waals surface area contributed by atoms with E-state index in [2.05, 4.69) is 4.74 Å². The topological polar surface area (TPSA) is 63.7 Å². The van der Waals surface area contributed by atoms with Crippen molar-refractivity contribution in [1.29, 1.82) is 0 Å². The van der Waals surface area contributed by atoms with Gasteiger partial charge in [0.1, 0.15) is 9.77 Å². The van der Waals surface area contributed by atoms with Crippen molar-refractivity contribution in [2.45, 2.75) is 36.6 Å². The predicted octanol–water partition coefficient (Wildman–Crippen LogP) is 2.10. The highest BCUT2D eigenvalue weighted by atomic mass is 32.2. The van der Waals surface area contributed by atoms with Gasteiger partial charge < -0.3 is 4.74 Å². The van der Waals surface area contributed by atoms with Crippen molar-refractivity contribution in [3.8, 4) is 0 Å². The molecule has 1 aliphatic carbocycles. The van der Waals surface area contributed by atoms with Gasteiger partial charge in [-0.2, -0.15) is 4.31 Å². The third-order valence-corrected chi connectivity index (χ3v) is 6.47. The average molecular weight is 303 g/mol. The minimum absolute atomic E-state index is 0.0374. The maximum absolute atomic E-state index is 12.5. The number of thiophene rings is 1. The second-order valence-corrected chi connectivity index (χ2v) is 7.45. The highest BCUT2D eigenvalue weighted by Crippen LogP contribution is 2.30. The number of methoxy groups -OCH3 is 1. The van der Waals surface area contributed by atoms with Crippen molar-refractivity contribution in [2.75, 3.05) is 14.2 Å². The molecule has 0 N–H and O–H groups in total. The fourth-order valence-corrected chi connectivity index (χ4v) is 5.08. The van der Waals surface area contributed by atoms with Crippen LogP contribution < -0.4 is 0 Å². The van der Waals surface area contributed by atoms with Gasteiger partial charge in [0.15, 0.2) is 0 Å². The molecule has 1 saturated carbocycles. The molecule has 0 bridgehead atoms. The number of rotatable bonds is 4. The fourth-order valence-electron chi connectivity index (χ4n) is 2.36. The predicted molar refractivity (Wildman–Crippen MR) is 72.9 cm³/mol. The zero-order chi connectivity index (χ0) is 14.0. The lowest BCUT2D eigenvalue weighted by molar-refractivity contribution is 0.0602. The van der Waals surface area contributed by atoms with Crippen LogP contribution in [0, 0.1) is 0 Å². The molecule has 1 aromatic rings. The molecular formula is C12H17NO4S2. The Morgan fingerprint density at radius 1 is 1.42 bits per heavy atom. The van der Waals surface area contributed by atoms with E-state index in [-0.39, 0.29) is 15.8 Å². The Morgan fingerprint density at radius 3 is 2.63 bits per heavy atom. The number of esters is 1. The number of carbonyl (C=O) groups excluding carboxylic acids is 1. The first-order chi connectivity index (χ1) is 8.98. The Hall–Kier alpha value is -0.920. The minimum atomic E-state index is -3.62. The van der Waals surface area contributed by atoms with E-state index in [1.807, 2.05) is 0 Å². The minimum Gasteiger partial charge on any atom is -0.465 e. The summed E-state index contributed by atoms with van der Waals surface area (Å²) in [5, 5.41) is 1.60. The Bertz CT molecular complexity index is 558. The molecule has 0 atom stereocenters. The fraction of sp³-hybridized carbons (Fsp3) is 0.583. The highest BCUT2D eigenvalue weighted by Gasteiger charge is 2.33. The van der Waals surface area contributed by atoms with Crippen LogP contribution >= 0.6 is 11.3 Å². The lowest BCUT2D eigenvalue weighted by Gasteiger charge is -2.23. The second-order valence-electron chi connectivity index (χ2n) is 4.57. The van der Waals surface area contributed by atoms with E-state index >= 15 is 0 Å². The van der Waals surface area contributed by atoms with Gasteiger partial charge in [-0.05, 0) is 24.3 Å². The van der Waals surface area contributed by atoms with E-state index in [1.54, 1.807) is 12.4 Å². The Kier molecular flexibility index (Phi) is 4.27. The molecule has 1 aliphatic rings. The molecule has 7 heteroatoms. The van der Waals surface area contributed by atoms with Gasteiger partial charge in [-0.25, -0.2) is 13.2 Å². The summed E-state index contributed by atoms with van der Waals surface area (Å²) in [5.41, 5.74) is 0. The van der Waals surface area contributed by atoms with Gasteiger partial charge in [-0.3, -0.25) is 0 Å². The van der Waals surface area contributed by atoms with Crippen LogP contribution in [-0.4, -0.2) is 38.9 Å². The number of carbonyl (C=O) groups is 1. The van der Waals surface area contributed by atoms with Crippen molar-refractivity contribution in [3.63, 3.8) is 0 Å². The quantitative estimate of drug-likeness (QED) is 0.799. The molecule has 0 spiro atoms. The number of hydrogen-bond donors (Lipinski definition) is 0. The van der Waals surface area contributed by atoms with Crippen molar-refractivity contribution in [1.82, 2.24) is 4.31 Å². The summed E-state index contributed by atoms with van der Waals surface area (Å²) < 4.78 is 31.1. The van der Waals surface area contributed by atoms with E-state index in [9.17, 15) is 13.2 Å². The first-order valence-corrected chi connectivity index (χ1v) is 8.44. The lowest BCUT2D eigenvalue weighted by atomic mass is 10.3. The van der Waals surface area contributed by atoms with Crippen LogP contribution in [0.1, 0.15) is 35.4 Å². The zero-order valence-electron chi connectivity index (χ0n) is 11.0. The number of hydrogen-bond acceptors (Lipinski definition) is 5. The summed E-state index contributed by atoms with van der Waals surface area (Å²) in [6, 6.07) is 1.51. The summed E-state index contributed by atoms with van der Waals surface area (Å²) >= 11 is 1.09. The molecule has 1 aromatic heterocycles. The SMILES string of the molecule is COC(=O)c1sccc1S(=O)(=O)N(C)C1CCCC1. The molecule has 2 rings (SSSR count). The molecule has 106 valence electrons. The Labute approximate surface area is 117 Å². The van der Waals surface area contributed by atoms with E-state index in [0.717, 1.165) is 37.0 Å². The molecule has 0 saturated heterocycles. The molecular weight excluding hydrogens is 286 g/mol. The van der Waals surface area contributed by atoms with E-state index < -0.39 is 16.0 Å². The largest absolute Gasteiger partial charge is 0.465 e. The van der Waals surface area contributed by atoms with Crippen molar-refractivity contribution in [2.24, 2.45) is 0 Å².